The number of aryl methyl sites for hydroxylation is 3. The van der Waals surface area contributed by atoms with Crippen molar-refractivity contribution in [2.24, 2.45) is 0 Å². The highest BCUT2D eigenvalue weighted by Gasteiger charge is 2.29. The fourth-order valence-corrected chi connectivity index (χ4v) is 4.40. The first-order chi connectivity index (χ1) is 9.75. The molecule has 0 saturated carbocycles. The lowest BCUT2D eigenvalue weighted by Crippen LogP contribution is -2.09. The Bertz CT molecular complexity index is 802. The van der Waals surface area contributed by atoms with Crippen LogP contribution < -0.4 is 0 Å². The van der Waals surface area contributed by atoms with Gasteiger partial charge in [-0.05, 0) is 38.0 Å². The highest BCUT2D eigenvalue weighted by atomic mass is 32.2. The highest BCUT2D eigenvalue weighted by molar-refractivity contribution is 7.91. The second-order valence-electron chi connectivity index (χ2n) is 4.96. The second-order valence-corrected chi connectivity index (χ2v) is 6.81. The topological polar surface area (TPSA) is 77.3 Å². The molecule has 0 aliphatic heterocycles. The minimum Gasteiger partial charge on any atom is -0.258 e. The molecule has 0 atom stereocenters. The van der Waals surface area contributed by atoms with Gasteiger partial charge in [0.15, 0.2) is 0 Å². The number of sulfone groups is 1. The number of para-hydroxylation sites is 1. The van der Waals surface area contributed by atoms with Gasteiger partial charge in [0.05, 0.1) is 9.82 Å². The van der Waals surface area contributed by atoms with E-state index >= 15 is 0 Å². The largest absolute Gasteiger partial charge is 0.288 e. The first-order valence-corrected chi connectivity index (χ1v) is 7.80. The van der Waals surface area contributed by atoms with Gasteiger partial charge in [-0.25, -0.2) is 8.42 Å². The van der Waals surface area contributed by atoms with Crippen LogP contribution in [0.5, 0.6) is 0 Å². The summed E-state index contributed by atoms with van der Waals surface area (Å²) < 4.78 is 25.6. The normalized spacial score (nSPS) is 11.4. The molecular formula is C15H15NO4S. The van der Waals surface area contributed by atoms with Crippen molar-refractivity contribution in [2.75, 3.05) is 0 Å². The van der Waals surface area contributed by atoms with Crippen molar-refractivity contribution in [1.29, 1.82) is 0 Å². The van der Waals surface area contributed by atoms with Gasteiger partial charge in [0.2, 0.25) is 9.84 Å². The molecule has 0 unspecified atom stereocenters. The molecule has 0 spiro atoms. The quantitative estimate of drug-likeness (QED) is 0.643. The number of rotatable bonds is 3. The Morgan fingerprint density at radius 1 is 1.00 bits per heavy atom. The van der Waals surface area contributed by atoms with Gasteiger partial charge in [-0.2, -0.15) is 0 Å². The zero-order valence-electron chi connectivity index (χ0n) is 12.0. The molecule has 5 nitrogen and oxygen atoms in total. The van der Waals surface area contributed by atoms with E-state index in [1.807, 2.05) is 6.92 Å². The average Bonchev–Trinajstić information content (AvgIpc) is 2.37. The number of hydrogen-bond acceptors (Lipinski definition) is 4. The summed E-state index contributed by atoms with van der Waals surface area (Å²) >= 11 is 0. The molecule has 0 bridgehead atoms. The van der Waals surface area contributed by atoms with Crippen LogP contribution in [0.3, 0.4) is 0 Å². The van der Waals surface area contributed by atoms with Crippen LogP contribution in [-0.2, 0) is 9.84 Å². The van der Waals surface area contributed by atoms with Crippen molar-refractivity contribution in [3.05, 3.63) is 63.2 Å². The molecule has 0 aromatic heterocycles. The van der Waals surface area contributed by atoms with E-state index < -0.39 is 20.4 Å². The van der Waals surface area contributed by atoms with Crippen LogP contribution in [-0.4, -0.2) is 13.3 Å². The highest BCUT2D eigenvalue weighted by Crippen LogP contribution is 2.32. The van der Waals surface area contributed by atoms with Crippen molar-refractivity contribution < 1.29 is 13.3 Å². The Kier molecular flexibility index (Phi) is 3.82. The number of nitro benzene ring substituents is 1. The molecule has 0 aliphatic rings. The molecule has 2 rings (SSSR count). The summed E-state index contributed by atoms with van der Waals surface area (Å²) in [5.74, 6) is 0. The molecule has 0 aliphatic carbocycles. The number of nitro groups is 1. The van der Waals surface area contributed by atoms with Gasteiger partial charge in [0, 0.05) is 6.07 Å². The summed E-state index contributed by atoms with van der Waals surface area (Å²) in [4.78, 5) is 10.3. The van der Waals surface area contributed by atoms with Gasteiger partial charge in [0.25, 0.3) is 5.69 Å². The molecule has 6 heteroatoms. The van der Waals surface area contributed by atoms with Gasteiger partial charge in [-0.1, -0.05) is 29.8 Å². The summed E-state index contributed by atoms with van der Waals surface area (Å²) in [6.07, 6.45) is 0. The van der Waals surface area contributed by atoms with Crippen LogP contribution in [0, 0.1) is 30.9 Å². The lowest BCUT2D eigenvalue weighted by Gasteiger charge is -2.12. The van der Waals surface area contributed by atoms with Crippen molar-refractivity contribution in [2.45, 2.75) is 30.6 Å². The fourth-order valence-electron chi connectivity index (χ4n) is 2.54. The zero-order chi connectivity index (χ0) is 15.8. The van der Waals surface area contributed by atoms with E-state index in [0.717, 1.165) is 5.56 Å². The summed E-state index contributed by atoms with van der Waals surface area (Å²) in [7, 11) is -3.93. The minimum atomic E-state index is -3.93. The van der Waals surface area contributed by atoms with Crippen LogP contribution in [0.1, 0.15) is 16.7 Å². The van der Waals surface area contributed by atoms with Crippen LogP contribution in [0.4, 0.5) is 5.69 Å². The predicted octanol–water partition coefficient (Wildman–Crippen LogP) is 3.35. The molecule has 0 saturated heterocycles. The summed E-state index contributed by atoms with van der Waals surface area (Å²) in [6.45, 7) is 5.27. The zero-order valence-corrected chi connectivity index (χ0v) is 12.8. The maximum atomic E-state index is 12.8. The lowest BCUT2D eigenvalue weighted by molar-refractivity contribution is -0.387. The van der Waals surface area contributed by atoms with Crippen molar-refractivity contribution in [3.8, 4) is 0 Å². The average molecular weight is 305 g/mol. The van der Waals surface area contributed by atoms with E-state index in [9.17, 15) is 18.5 Å². The van der Waals surface area contributed by atoms with Crippen LogP contribution in [0.2, 0.25) is 0 Å². The molecular weight excluding hydrogens is 290 g/mol. The van der Waals surface area contributed by atoms with E-state index in [2.05, 4.69) is 0 Å². The maximum Gasteiger partial charge on any atom is 0.288 e. The third-order valence-electron chi connectivity index (χ3n) is 3.22. The molecule has 0 heterocycles. The van der Waals surface area contributed by atoms with E-state index in [0.29, 0.717) is 11.1 Å². The molecule has 0 N–H and O–H groups in total. The summed E-state index contributed by atoms with van der Waals surface area (Å²) in [5.41, 5.74) is 1.72. The van der Waals surface area contributed by atoms with Gasteiger partial charge in [-0.15, -0.1) is 0 Å². The third kappa shape index (κ3) is 2.67. The monoisotopic (exact) mass is 305 g/mol. The standard InChI is InChI=1S/C15H15NO4S/c1-10-8-11(2)15(12(3)9-10)21(19,20)14-7-5-4-6-13(14)16(17)18/h4-9H,1-3H3. The van der Waals surface area contributed by atoms with Crippen molar-refractivity contribution in [1.82, 2.24) is 0 Å². The summed E-state index contributed by atoms with van der Waals surface area (Å²) in [5, 5.41) is 11.1. The van der Waals surface area contributed by atoms with Gasteiger partial charge >= 0.3 is 0 Å². The molecule has 0 fully saturated rings. The summed E-state index contributed by atoms with van der Waals surface area (Å²) in [6, 6.07) is 8.92. The SMILES string of the molecule is Cc1cc(C)c(S(=O)(=O)c2ccccc2[N+](=O)[O-])c(C)c1. The number of benzene rings is 2. The first-order valence-electron chi connectivity index (χ1n) is 6.31. The number of nitrogens with zero attached hydrogens (tertiary/aromatic N) is 1. The van der Waals surface area contributed by atoms with Crippen LogP contribution in [0.15, 0.2) is 46.2 Å². The molecule has 110 valence electrons. The van der Waals surface area contributed by atoms with Gasteiger partial charge < -0.3 is 0 Å². The lowest BCUT2D eigenvalue weighted by atomic mass is 10.1. The van der Waals surface area contributed by atoms with Gasteiger partial charge in [-0.3, -0.25) is 10.1 Å². The molecule has 0 amide bonds. The maximum absolute atomic E-state index is 12.8. The Labute approximate surface area is 123 Å². The molecule has 2 aromatic rings. The van der Waals surface area contributed by atoms with E-state index in [1.165, 1.54) is 24.3 Å². The molecule has 0 radical (unpaired) electrons. The van der Waals surface area contributed by atoms with E-state index in [-0.39, 0.29) is 9.79 Å². The van der Waals surface area contributed by atoms with Crippen LogP contribution in [0.25, 0.3) is 0 Å². The first kappa shape index (κ1) is 15.2. The van der Waals surface area contributed by atoms with E-state index in [4.69, 9.17) is 0 Å². The Hall–Kier alpha value is -2.21. The van der Waals surface area contributed by atoms with Crippen molar-refractivity contribution in [3.63, 3.8) is 0 Å². The smallest absolute Gasteiger partial charge is 0.258 e. The van der Waals surface area contributed by atoms with E-state index in [1.54, 1.807) is 26.0 Å². The Morgan fingerprint density at radius 3 is 2.05 bits per heavy atom. The molecule has 21 heavy (non-hydrogen) atoms. The Morgan fingerprint density at radius 2 is 1.52 bits per heavy atom. The van der Waals surface area contributed by atoms with Crippen LogP contribution >= 0.6 is 0 Å². The third-order valence-corrected chi connectivity index (χ3v) is 5.33. The minimum absolute atomic E-state index is 0.141. The Balaban J connectivity index is 2.78. The van der Waals surface area contributed by atoms with Crippen molar-refractivity contribution >= 4 is 15.5 Å². The predicted molar refractivity (Wildman–Crippen MR) is 79.2 cm³/mol. The van der Waals surface area contributed by atoms with Gasteiger partial charge in [0.1, 0.15) is 4.90 Å². The molecule has 2 aromatic carbocycles. The number of hydrogen-bond donors (Lipinski definition) is 0. The second kappa shape index (κ2) is 5.29. The fraction of sp³-hybridized carbons (Fsp3) is 0.200.